The minimum atomic E-state index is -0.865. The summed E-state index contributed by atoms with van der Waals surface area (Å²) in [4.78, 5) is 13.2. The van der Waals surface area contributed by atoms with Crippen molar-refractivity contribution in [2.45, 2.75) is 19.5 Å². The van der Waals surface area contributed by atoms with Gasteiger partial charge in [-0.05, 0) is 30.3 Å². The number of likely N-dealkylation sites (N-methyl/N-ethyl adjacent to an activating group) is 1. The molecule has 4 nitrogen and oxygen atoms in total. The summed E-state index contributed by atoms with van der Waals surface area (Å²) in [6.07, 6.45) is 0. The van der Waals surface area contributed by atoms with Gasteiger partial charge in [0.1, 0.15) is 5.82 Å². The molecule has 0 radical (unpaired) electrons. The first-order chi connectivity index (χ1) is 9.52. The largest absolute Gasteiger partial charge is 0.481 e. The quantitative estimate of drug-likeness (QED) is 0.907. The zero-order chi connectivity index (χ0) is 14.7. The molecule has 1 aromatic rings. The van der Waals surface area contributed by atoms with E-state index in [0.717, 1.165) is 0 Å². The molecule has 1 aliphatic rings. The number of halogens is 2. The predicted octanol–water partition coefficient (Wildman–Crippen LogP) is 2.40. The summed E-state index contributed by atoms with van der Waals surface area (Å²) >= 11 is 6.06. The maximum Gasteiger partial charge on any atom is 0.310 e. The molecule has 20 heavy (non-hydrogen) atoms. The first kappa shape index (κ1) is 15.2. The van der Waals surface area contributed by atoms with Crippen molar-refractivity contribution in [2.24, 2.45) is 5.92 Å². The first-order valence-electron chi connectivity index (χ1n) is 6.51. The molecule has 0 saturated carbocycles. The fourth-order valence-corrected chi connectivity index (χ4v) is 2.66. The molecule has 2 unspecified atom stereocenters. The van der Waals surface area contributed by atoms with Crippen molar-refractivity contribution in [3.05, 3.63) is 34.6 Å². The number of nitrogens with zero attached hydrogens (tertiary/aromatic N) is 1. The van der Waals surface area contributed by atoms with E-state index in [4.69, 9.17) is 16.3 Å². The van der Waals surface area contributed by atoms with E-state index in [9.17, 15) is 14.3 Å². The van der Waals surface area contributed by atoms with Crippen LogP contribution in [-0.2, 0) is 16.1 Å². The number of carboxylic acid groups (broad SMARTS) is 1. The Balaban J connectivity index is 2.16. The van der Waals surface area contributed by atoms with Gasteiger partial charge in [0.05, 0.1) is 19.1 Å². The molecule has 0 aromatic heterocycles. The SMILES string of the molecule is CCN(Cc1cc(F)ccc1Cl)C1COCC1C(=O)O. The second-order valence-corrected chi connectivity index (χ2v) is 5.26. The lowest BCUT2D eigenvalue weighted by Crippen LogP contribution is -2.42. The highest BCUT2D eigenvalue weighted by atomic mass is 35.5. The van der Waals surface area contributed by atoms with Crippen LogP contribution in [0.5, 0.6) is 0 Å². The Bertz CT molecular complexity index is 497. The Kier molecular flexibility index (Phi) is 4.96. The van der Waals surface area contributed by atoms with Crippen LogP contribution < -0.4 is 0 Å². The third kappa shape index (κ3) is 3.29. The molecule has 0 spiro atoms. The molecule has 0 aliphatic carbocycles. The molecule has 110 valence electrons. The van der Waals surface area contributed by atoms with Gasteiger partial charge < -0.3 is 9.84 Å². The van der Waals surface area contributed by atoms with Gasteiger partial charge in [-0.3, -0.25) is 9.69 Å². The highest BCUT2D eigenvalue weighted by Gasteiger charge is 2.37. The van der Waals surface area contributed by atoms with Gasteiger partial charge in [0.15, 0.2) is 0 Å². The number of ether oxygens (including phenoxy) is 1. The summed E-state index contributed by atoms with van der Waals surface area (Å²) in [6, 6.07) is 3.99. The van der Waals surface area contributed by atoms with Crippen LogP contribution in [0.3, 0.4) is 0 Å². The summed E-state index contributed by atoms with van der Waals surface area (Å²) in [5.41, 5.74) is 0.657. The highest BCUT2D eigenvalue weighted by molar-refractivity contribution is 6.31. The highest BCUT2D eigenvalue weighted by Crippen LogP contribution is 2.25. The lowest BCUT2D eigenvalue weighted by Gasteiger charge is -2.29. The molecule has 1 N–H and O–H groups in total. The van der Waals surface area contributed by atoms with Crippen LogP contribution in [0.25, 0.3) is 0 Å². The van der Waals surface area contributed by atoms with Gasteiger partial charge in [0.2, 0.25) is 0 Å². The molecule has 1 saturated heterocycles. The van der Waals surface area contributed by atoms with Crippen molar-refractivity contribution >= 4 is 17.6 Å². The number of carbonyl (C=O) groups is 1. The number of rotatable bonds is 5. The molecule has 2 rings (SSSR count). The van der Waals surface area contributed by atoms with E-state index in [-0.39, 0.29) is 18.5 Å². The lowest BCUT2D eigenvalue weighted by molar-refractivity contribution is -0.143. The van der Waals surface area contributed by atoms with Gasteiger partial charge in [-0.15, -0.1) is 0 Å². The maximum absolute atomic E-state index is 13.3. The summed E-state index contributed by atoms with van der Waals surface area (Å²) in [7, 11) is 0. The number of hydrogen-bond acceptors (Lipinski definition) is 3. The van der Waals surface area contributed by atoms with Crippen molar-refractivity contribution in [2.75, 3.05) is 19.8 Å². The average Bonchev–Trinajstić information content (AvgIpc) is 2.89. The normalized spacial score (nSPS) is 22.4. The number of carboxylic acids is 1. The van der Waals surface area contributed by atoms with Gasteiger partial charge in [0.25, 0.3) is 0 Å². The fraction of sp³-hybridized carbons (Fsp3) is 0.500. The molecule has 1 fully saturated rings. The van der Waals surface area contributed by atoms with Crippen LogP contribution in [0.2, 0.25) is 5.02 Å². The Morgan fingerprint density at radius 3 is 2.95 bits per heavy atom. The molecule has 2 atom stereocenters. The molecule has 1 aromatic carbocycles. The summed E-state index contributed by atoms with van der Waals surface area (Å²) in [5, 5.41) is 9.68. The van der Waals surface area contributed by atoms with Crippen LogP contribution in [0.4, 0.5) is 4.39 Å². The van der Waals surface area contributed by atoms with Gasteiger partial charge in [-0.2, -0.15) is 0 Å². The molecular weight excluding hydrogens is 285 g/mol. The molecule has 1 heterocycles. The number of benzene rings is 1. The lowest BCUT2D eigenvalue weighted by atomic mass is 10.0. The van der Waals surface area contributed by atoms with Gasteiger partial charge in [-0.25, -0.2) is 4.39 Å². The molecule has 6 heteroatoms. The van der Waals surface area contributed by atoms with Crippen molar-refractivity contribution < 1.29 is 19.0 Å². The van der Waals surface area contributed by atoms with E-state index < -0.39 is 11.9 Å². The van der Waals surface area contributed by atoms with Gasteiger partial charge >= 0.3 is 5.97 Å². The van der Waals surface area contributed by atoms with Gasteiger partial charge in [0, 0.05) is 17.6 Å². The summed E-state index contributed by atoms with van der Waals surface area (Å²) < 4.78 is 18.6. The molecule has 1 aliphatic heterocycles. The second kappa shape index (κ2) is 6.52. The third-order valence-electron chi connectivity index (χ3n) is 3.62. The van der Waals surface area contributed by atoms with Gasteiger partial charge in [-0.1, -0.05) is 18.5 Å². The zero-order valence-corrected chi connectivity index (χ0v) is 11.9. The minimum absolute atomic E-state index is 0.211. The van der Waals surface area contributed by atoms with Crippen LogP contribution >= 0.6 is 11.6 Å². The fourth-order valence-electron chi connectivity index (χ4n) is 2.49. The zero-order valence-electron chi connectivity index (χ0n) is 11.2. The van der Waals surface area contributed by atoms with Crippen molar-refractivity contribution in [3.63, 3.8) is 0 Å². The second-order valence-electron chi connectivity index (χ2n) is 4.85. The van der Waals surface area contributed by atoms with Crippen molar-refractivity contribution in [3.8, 4) is 0 Å². The Morgan fingerprint density at radius 1 is 1.55 bits per heavy atom. The van der Waals surface area contributed by atoms with E-state index in [0.29, 0.717) is 30.3 Å². The van der Waals surface area contributed by atoms with E-state index in [1.54, 1.807) is 0 Å². The third-order valence-corrected chi connectivity index (χ3v) is 3.99. The smallest absolute Gasteiger partial charge is 0.310 e. The summed E-state index contributed by atoms with van der Waals surface area (Å²) in [6.45, 7) is 3.57. The number of aliphatic carboxylic acids is 1. The van der Waals surface area contributed by atoms with E-state index in [2.05, 4.69) is 0 Å². The van der Waals surface area contributed by atoms with E-state index >= 15 is 0 Å². The van der Waals surface area contributed by atoms with Crippen LogP contribution in [-0.4, -0.2) is 41.8 Å². The van der Waals surface area contributed by atoms with Crippen LogP contribution in [0.1, 0.15) is 12.5 Å². The standard InChI is InChI=1S/C14H17ClFNO3/c1-2-17(13-8-20-7-11(13)14(18)19)6-9-5-10(16)3-4-12(9)15/h3-5,11,13H,2,6-8H2,1H3,(H,18,19). The summed E-state index contributed by atoms with van der Waals surface area (Å²) in [5.74, 6) is -1.77. The van der Waals surface area contributed by atoms with Crippen LogP contribution in [0, 0.1) is 11.7 Å². The topological polar surface area (TPSA) is 49.8 Å². The Hall–Kier alpha value is -1.17. The minimum Gasteiger partial charge on any atom is -0.481 e. The van der Waals surface area contributed by atoms with Crippen molar-refractivity contribution in [1.82, 2.24) is 4.90 Å². The monoisotopic (exact) mass is 301 g/mol. The average molecular weight is 302 g/mol. The van der Waals surface area contributed by atoms with Crippen molar-refractivity contribution in [1.29, 1.82) is 0 Å². The maximum atomic E-state index is 13.3. The molecule has 0 amide bonds. The number of hydrogen-bond donors (Lipinski definition) is 1. The van der Waals surface area contributed by atoms with Crippen LogP contribution in [0.15, 0.2) is 18.2 Å². The Labute approximate surface area is 122 Å². The van der Waals surface area contributed by atoms with E-state index in [1.807, 2.05) is 11.8 Å². The first-order valence-corrected chi connectivity index (χ1v) is 6.89. The molecular formula is C14H17ClFNO3. The molecule has 0 bridgehead atoms. The predicted molar refractivity (Wildman–Crippen MR) is 73.2 cm³/mol. The van der Waals surface area contributed by atoms with E-state index in [1.165, 1.54) is 18.2 Å². The Morgan fingerprint density at radius 2 is 2.30 bits per heavy atom.